The number of piperidine rings is 1. The lowest BCUT2D eigenvalue weighted by atomic mass is 9.89. The fourth-order valence-corrected chi connectivity index (χ4v) is 5.22. The van der Waals surface area contributed by atoms with Crippen LogP contribution in [-0.4, -0.2) is 28.5 Å². The Bertz CT molecular complexity index is 1320. The van der Waals surface area contributed by atoms with Gasteiger partial charge < -0.3 is 9.47 Å². The van der Waals surface area contributed by atoms with E-state index >= 15 is 0 Å². The van der Waals surface area contributed by atoms with E-state index in [0.717, 1.165) is 55.6 Å². The summed E-state index contributed by atoms with van der Waals surface area (Å²) in [6.45, 7) is 2.00. The van der Waals surface area contributed by atoms with Crippen LogP contribution in [0.5, 0.6) is 0 Å². The van der Waals surface area contributed by atoms with Gasteiger partial charge in [0, 0.05) is 43.2 Å². The molecule has 1 fully saturated rings. The monoisotopic (exact) mass is 490 g/mol. The number of amides is 1. The molecule has 0 saturated carbocycles. The van der Waals surface area contributed by atoms with Crippen molar-refractivity contribution in [1.29, 1.82) is 0 Å². The van der Waals surface area contributed by atoms with E-state index in [0.29, 0.717) is 18.9 Å². The summed E-state index contributed by atoms with van der Waals surface area (Å²) < 4.78 is 40.9. The molecule has 3 aromatic carbocycles. The third kappa shape index (κ3) is 5.32. The second-order valence-electron chi connectivity index (χ2n) is 9.56. The number of benzene rings is 3. The summed E-state index contributed by atoms with van der Waals surface area (Å²) in [6.07, 6.45) is 0.929. The molecule has 0 atom stereocenters. The average Bonchev–Trinajstić information content (AvgIpc) is 3.26. The smallest absolute Gasteiger partial charge is 0.343 e. The lowest BCUT2D eigenvalue weighted by Crippen LogP contribution is -2.38. The Hall–Kier alpha value is -3.54. The second kappa shape index (κ2) is 10.2. The van der Waals surface area contributed by atoms with Crippen LogP contribution in [0.2, 0.25) is 0 Å². The summed E-state index contributed by atoms with van der Waals surface area (Å²) in [7, 11) is 0. The molecule has 1 amide bonds. The minimum absolute atomic E-state index is 0.210. The van der Waals surface area contributed by atoms with Gasteiger partial charge >= 0.3 is 6.18 Å². The molecule has 0 aliphatic carbocycles. The number of likely N-dealkylation sites (tertiary alicyclic amines) is 1. The van der Waals surface area contributed by atoms with Crippen molar-refractivity contribution < 1.29 is 18.0 Å². The number of carbonyl (C=O) groups excluding carboxylic acids is 1. The van der Waals surface area contributed by atoms with Crippen LogP contribution in [0.25, 0.3) is 10.9 Å². The summed E-state index contributed by atoms with van der Waals surface area (Å²) >= 11 is 0. The average molecular weight is 491 g/mol. The Morgan fingerprint density at radius 2 is 1.50 bits per heavy atom. The molecular weight excluding hydrogens is 461 g/mol. The number of aryl methyl sites for hydroxylation is 1. The van der Waals surface area contributed by atoms with E-state index in [2.05, 4.69) is 35.0 Å². The van der Waals surface area contributed by atoms with Gasteiger partial charge in [0.05, 0.1) is 5.56 Å². The van der Waals surface area contributed by atoms with Gasteiger partial charge in [0.15, 0.2) is 0 Å². The predicted octanol–water partition coefficient (Wildman–Crippen LogP) is 7.05. The number of nitrogens with zero attached hydrogens (tertiary/aromatic N) is 2. The third-order valence-electron chi connectivity index (χ3n) is 7.21. The normalized spacial score (nSPS) is 14.9. The van der Waals surface area contributed by atoms with Crippen molar-refractivity contribution in [2.75, 3.05) is 13.1 Å². The molecule has 1 saturated heterocycles. The predicted molar refractivity (Wildman–Crippen MR) is 136 cm³/mol. The van der Waals surface area contributed by atoms with Crippen LogP contribution >= 0.6 is 0 Å². The molecule has 0 spiro atoms. The van der Waals surface area contributed by atoms with Crippen molar-refractivity contribution in [2.45, 2.75) is 44.3 Å². The number of halogens is 3. The topological polar surface area (TPSA) is 25.2 Å². The van der Waals surface area contributed by atoms with Crippen molar-refractivity contribution in [2.24, 2.45) is 0 Å². The minimum atomic E-state index is -4.33. The van der Waals surface area contributed by atoms with E-state index in [1.165, 1.54) is 16.5 Å². The molecule has 1 aliphatic rings. The Morgan fingerprint density at radius 3 is 2.19 bits per heavy atom. The number of para-hydroxylation sites is 1. The number of alkyl halides is 3. The molecule has 36 heavy (non-hydrogen) atoms. The molecule has 1 aromatic heterocycles. The fraction of sp³-hybridized carbons (Fsp3) is 0.300. The Morgan fingerprint density at radius 1 is 0.833 bits per heavy atom. The lowest BCUT2D eigenvalue weighted by molar-refractivity contribution is -0.137. The Labute approximate surface area is 209 Å². The van der Waals surface area contributed by atoms with Crippen molar-refractivity contribution in [3.63, 3.8) is 0 Å². The van der Waals surface area contributed by atoms with Gasteiger partial charge in [-0.2, -0.15) is 13.2 Å². The van der Waals surface area contributed by atoms with Gasteiger partial charge in [0.25, 0.3) is 0 Å². The maximum Gasteiger partial charge on any atom is 0.416 e. The first-order valence-electron chi connectivity index (χ1n) is 12.4. The Kier molecular flexibility index (Phi) is 6.86. The summed E-state index contributed by atoms with van der Waals surface area (Å²) in [5, 5.41) is 1.18. The molecule has 5 rings (SSSR count). The van der Waals surface area contributed by atoms with Crippen LogP contribution < -0.4 is 0 Å². The van der Waals surface area contributed by atoms with Gasteiger partial charge in [-0.3, -0.25) is 4.79 Å². The maximum absolute atomic E-state index is 12.9. The quantitative estimate of drug-likeness (QED) is 0.284. The number of hydrogen-bond acceptors (Lipinski definition) is 1. The van der Waals surface area contributed by atoms with Gasteiger partial charge in [-0.05, 0) is 60.1 Å². The van der Waals surface area contributed by atoms with Crippen molar-refractivity contribution >= 4 is 16.8 Å². The number of hydrogen-bond donors (Lipinski definition) is 0. The van der Waals surface area contributed by atoms with Crippen LogP contribution in [0.15, 0.2) is 85.1 Å². The largest absolute Gasteiger partial charge is 0.416 e. The fourth-order valence-electron chi connectivity index (χ4n) is 5.22. The summed E-state index contributed by atoms with van der Waals surface area (Å²) in [5.74, 6) is 0.559. The highest BCUT2D eigenvalue weighted by molar-refractivity contribution is 5.84. The first-order chi connectivity index (χ1) is 17.4. The molecule has 1 aliphatic heterocycles. The molecule has 0 unspecified atom stereocenters. The lowest BCUT2D eigenvalue weighted by Gasteiger charge is -2.32. The van der Waals surface area contributed by atoms with Gasteiger partial charge in [-0.15, -0.1) is 0 Å². The molecule has 0 radical (unpaired) electrons. The zero-order chi connectivity index (χ0) is 25.1. The highest BCUT2D eigenvalue weighted by Gasteiger charge is 2.30. The van der Waals surface area contributed by atoms with Crippen LogP contribution in [0, 0.1) is 0 Å². The number of carbonyl (C=O) groups is 1. The van der Waals surface area contributed by atoms with Gasteiger partial charge in [0.2, 0.25) is 5.91 Å². The molecule has 2 heterocycles. The SMILES string of the molecule is O=C(CCc1ccccc1)N1CCC(c2cn(Cc3ccc(C(F)(F)F)cc3)c3ccccc23)CC1. The first kappa shape index (κ1) is 24.2. The zero-order valence-corrected chi connectivity index (χ0v) is 20.0. The first-order valence-corrected chi connectivity index (χ1v) is 12.4. The second-order valence-corrected chi connectivity index (χ2v) is 9.56. The van der Waals surface area contributed by atoms with Gasteiger partial charge in [-0.1, -0.05) is 60.7 Å². The highest BCUT2D eigenvalue weighted by Crippen LogP contribution is 2.35. The van der Waals surface area contributed by atoms with Crippen LogP contribution in [-0.2, 0) is 23.9 Å². The number of fused-ring (bicyclic) bond motifs is 1. The molecular formula is C30H29F3N2O. The van der Waals surface area contributed by atoms with Gasteiger partial charge in [0.1, 0.15) is 0 Å². The third-order valence-corrected chi connectivity index (χ3v) is 7.21. The number of rotatable bonds is 6. The van der Waals surface area contributed by atoms with E-state index in [-0.39, 0.29) is 5.91 Å². The van der Waals surface area contributed by atoms with Crippen LogP contribution in [0.3, 0.4) is 0 Å². The van der Waals surface area contributed by atoms with E-state index in [1.807, 2.05) is 35.2 Å². The molecule has 6 heteroatoms. The molecule has 0 N–H and O–H groups in total. The maximum atomic E-state index is 12.9. The van der Waals surface area contributed by atoms with E-state index < -0.39 is 11.7 Å². The van der Waals surface area contributed by atoms with E-state index in [4.69, 9.17) is 0 Å². The molecule has 0 bridgehead atoms. The van der Waals surface area contributed by atoms with Crippen molar-refractivity contribution in [1.82, 2.24) is 9.47 Å². The molecule has 186 valence electrons. The van der Waals surface area contributed by atoms with Crippen LogP contribution in [0.4, 0.5) is 13.2 Å². The summed E-state index contributed by atoms with van der Waals surface area (Å²) in [4.78, 5) is 14.8. The number of aromatic nitrogens is 1. The van der Waals surface area contributed by atoms with E-state index in [1.54, 1.807) is 12.1 Å². The molecule has 4 aromatic rings. The summed E-state index contributed by atoms with van der Waals surface area (Å²) in [6, 6.07) is 23.7. The van der Waals surface area contributed by atoms with Crippen molar-refractivity contribution in [3.8, 4) is 0 Å². The Balaban J connectivity index is 1.26. The molecule has 3 nitrogen and oxygen atoms in total. The highest BCUT2D eigenvalue weighted by atomic mass is 19.4. The van der Waals surface area contributed by atoms with E-state index in [9.17, 15) is 18.0 Å². The minimum Gasteiger partial charge on any atom is -0.343 e. The van der Waals surface area contributed by atoms with Crippen molar-refractivity contribution in [3.05, 3.63) is 107 Å². The van der Waals surface area contributed by atoms with Crippen LogP contribution in [0.1, 0.15) is 47.4 Å². The standard InChI is InChI=1S/C30H29F3N2O/c31-30(32,33)25-13-10-23(11-14-25)20-35-21-27(26-8-4-5-9-28(26)35)24-16-18-34(19-17-24)29(36)15-12-22-6-2-1-3-7-22/h1-11,13-14,21,24H,12,15-20H2. The van der Waals surface area contributed by atoms with Gasteiger partial charge in [-0.25, -0.2) is 0 Å². The zero-order valence-electron chi connectivity index (χ0n) is 20.0. The summed E-state index contributed by atoms with van der Waals surface area (Å²) in [5.41, 5.74) is 3.72.